The monoisotopic (exact) mass is 488 g/mol. The number of rotatable bonds is 13. The van der Waals surface area contributed by atoms with Gasteiger partial charge >= 0.3 is 0 Å². The van der Waals surface area contributed by atoms with Gasteiger partial charge in [0.2, 0.25) is 0 Å². The highest BCUT2D eigenvalue weighted by atomic mass is 19.1. The van der Waals surface area contributed by atoms with Crippen LogP contribution in [0.5, 0.6) is 11.5 Å². The average molecular weight is 489 g/mol. The molecule has 1 fully saturated rings. The number of methoxy groups -OCH3 is 2. The highest BCUT2D eigenvalue weighted by molar-refractivity contribution is 5.98. The third-order valence-electron chi connectivity index (χ3n) is 6.13. The van der Waals surface area contributed by atoms with Crippen LogP contribution in [-0.4, -0.2) is 63.5 Å². The highest BCUT2D eigenvalue weighted by Crippen LogP contribution is 2.33. The molecule has 6 nitrogen and oxygen atoms in total. The van der Waals surface area contributed by atoms with Crippen molar-refractivity contribution in [1.29, 1.82) is 0 Å². The molecule has 0 bridgehead atoms. The van der Waals surface area contributed by atoms with Gasteiger partial charge in [0.25, 0.3) is 5.91 Å². The summed E-state index contributed by atoms with van der Waals surface area (Å²) in [5.74, 6) is 0.238. The maximum atomic E-state index is 13.1. The molecule has 1 N–H and O–H groups in total. The van der Waals surface area contributed by atoms with Gasteiger partial charge < -0.3 is 19.5 Å². The van der Waals surface area contributed by atoms with E-state index in [1.165, 1.54) is 26.4 Å². The Morgan fingerprint density at radius 3 is 2.63 bits per heavy atom. The summed E-state index contributed by atoms with van der Waals surface area (Å²) >= 11 is 0. The molecule has 0 aromatic heterocycles. The quantitative estimate of drug-likeness (QED) is 0.426. The molecular weight excluding hydrogens is 454 g/mol. The van der Waals surface area contributed by atoms with E-state index in [2.05, 4.69) is 16.8 Å². The number of halogens is 2. The molecule has 2 aromatic rings. The minimum atomic E-state index is -0.429. The van der Waals surface area contributed by atoms with Gasteiger partial charge in [-0.3, -0.25) is 14.1 Å². The van der Waals surface area contributed by atoms with Gasteiger partial charge in [0, 0.05) is 25.7 Å². The van der Waals surface area contributed by atoms with Gasteiger partial charge in [0.05, 0.1) is 39.2 Å². The zero-order valence-electron chi connectivity index (χ0n) is 20.4. The summed E-state index contributed by atoms with van der Waals surface area (Å²) in [4.78, 5) is 15.4. The van der Waals surface area contributed by atoms with Gasteiger partial charge in [0.1, 0.15) is 5.82 Å². The number of likely N-dealkylation sites (tertiary alicyclic amines) is 1. The summed E-state index contributed by atoms with van der Waals surface area (Å²) < 4.78 is 42.7. The number of hydrogen-bond donors (Lipinski definition) is 1. The van der Waals surface area contributed by atoms with E-state index in [1.807, 2.05) is 6.08 Å². The number of carbonyl (C=O) groups is 1. The molecule has 3 rings (SSSR count). The lowest BCUT2D eigenvalue weighted by Crippen LogP contribution is -2.40. The molecule has 0 spiro atoms. The van der Waals surface area contributed by atoms with E-state index >= 15 is 0 Å². The van der Waals surface area contributed by atoms with Crippen molar-refractivity contribution in [2.75, 3.05) is 40.5 Å². The van der Waals surface area contributed by atoms with Crippen LogP contribution in [0.25, 0.3) is 0 Å². The van der Waals surface area contributed by atoms with Gasteiger partial charge in [-0.05, 0) is 54.7 Å². The van der Waals surface area contributed by atoms with Crippen molar-refractivity contribution < 1.29 is 27.8 Å². The number of carbonyl (C=O) groups excluding carboxylic acids is 1. The molecule has 1 heterocycles. The largest absolute Gasteiger partial charge is 0.493 e. The maximum Gasteiger partial charge on any atom is 0.255 e. The van der Waals surface area contributed by atoms with E-state index in [0.717, 1.165) is 17.5 Å². The summed E-state index contributed by atoms with van der Waals surface area (Å²) in [7, 11) is 3.00. The van der Waals surface area contributed by atoms with Crippen LogP contribution in [0.2, 0.25) is 0 Å². The molecule has 0 unspecified atom stereocenters. The molecule has 0 saturated carbocycles. The lowest BCUT2D eigenvalue weighted by molar-refractivity contribution is 0.0473. The minimum absolute atomic E-state index is 0.0134. The summed E-state index contributed by atoms with van der Waals surface area (Å²) in [6, 6.07) is 9.85. The maximum absolute atomic E-state index is 13.1. The lowest BCUT2D eigenvalue weighted by Gasteiger charge is -2.23. The number of nitrogens with zero attached hydrogens (tertiary/aromatic N) is 1. The summed E-state index contributed by atoms with van der Waals surface area (Å²) in [5.41, 5.74) is 2.08. The van der Waals surface area contributed by atoms with Crippen LogP contribution in [0.4, 0.5) is 8.78 Å². The van der Waals surface area contributed by atoms with Crippen LogP contribution in [0.3, 0.4) is 0 Å². The third kappa shape index (κ3) is 7.26. The Balaban J connectivity index is 1.64. The molecule has 0 radical (unpaired) electrons. The Labute approximate surface area is 205 Å². The van der Waals surface area contributed by atoms with Crippen LogP contribution in [0.15, 0.2) is 49.1 Å². The lowest BCUT2D eigenvalue weighted by atomic mass is 10.0. The summed E-state index contributed by atoms with van der Waals surface area (Å²) in [5, 5.41) is 3.02. The molecule has 2 atom stereocenters. The number of benzene rings is 2. The number of aryl methyl sites for hydroxylation is 1. The third-order valence-corrected chi connectivity index (χ3v) is 6.13. The molecule has 1 aliphatic heterocycles. The second-order valence-electron chi connectivity index (χ2n) is 8.57. The van der Waals surface area contributed by atoms with Gasteiger partial charge in [-0.1, -0.05) is 18.2 Å². The van der Waals surface area contributed by atoms with Crippen molar-refractivity contribution in [2.24, 2.45) is 0 Å². The van der Waals surface area contributed by atoms with Crippen molar-refractivity contribution in [3.05, 3.63) is 71.6 Å². The van der Waals surface area contributed by atoms with E-state index in [9.17, 15) is 13.6 Å². The van der Waals surface area contributed by atoms with Crippen LogP contribution in [0, 0.1) is 5.82 Å². The Morgan fingerprint density at radius 2 is 1.97 bits per heavy atom. The molecule has 1 amide bonds. The van der Waals surface area contributed by atoms with Gasteiger partial charge in [0.15, 0.2) is 11.5 Å². The molecule has 35 heavy (non-hydrogen) atoms. The minimum Gasteiger partial charge on any atom is -0.493 e. The van der Waals surface area contributed by atoms with Crippen molar-refractivity contribution in [2.45, 2.75) is 38.0 Å². The van der Waals surface area contributed by atoms with E-state index < -0.39 is 6.67 Å². The first-order valence-corrected chi connectivity index (χ1v) is 11.8. The number of amides is 1. The molecule has 0 aliphatic carbocycles. The van der Waals surface area contributed by atoms with Gasteiger partial charge in [-0.2, -0.15) is 0 Å². The summed E-state index contributed by atoms with van der Waals surface area (Å²) in [6.45, 7) is 5.61. The molecule has 2 aromatic carbocycles. The predicted octanol–water partition coefficient (Wildman–Crippen LogP) is 4.32. The summed E-state index contributed by atoms with van der Waals surface area (Å²) in [6.07, 6.45) is 3.43. The zero-order valence-corrected chi connectivity index (χ0v) is 20.4. The van der Waals surface area contributed by atoms with Gasteiger partial charge in [-0.15, -0.1) is 6.58 Å². The fraction of sp³-hybridized carbons (Fsp3) is 0.444. The van der Waals surface area contributed by atoms with E-state index in [1.54, 1.807) is 24.3 Å². The zero-order chi connectivity index (χ0) is 25.2. The molecule has 1 aliphatic rings. The highest BCUT2D eigenvalue weighted by Gasteiger charge is 2.32. The topological polar surface area (TPSA) is 60.0 Å². The second kappa shape index (κ2) is 13.2. The Bertz CT molecular complexity index is 984. The number of alkyl halides is 1. The fourth-order valence-electron chi connectivity index (χ4n) is 4.37. The Kier molecular flexibility index (Phi) is 10.0. The average Bonchev–Trinajstić information content (AvgIpc) is 3.26. The van der Waals surface area contributed by atoms with E-state index in [4.69, 9.17) is 14.2 Å². The first kappa shape index (κ1) is 26.6. The smallest absolute Gasteiger partial charge is 0.255 e. The number of ether oxygens (including phenoxy) is 3. The molecule has 8 heteroatoms. The van der Waals surface area contributed by atoms with Crippen molar-refractivity contribution >= 4 is 5.91 Å². The molecular formula is C27H34F2N2O4. The first-order valence-electron chi connectivity index (χ1n) is 11.8. The van der Waals surface area contributed by atoms with Crippen molar-refractivity contribution in [3.8, 4) is 11.5 Å². The van der Waals surface area contributed by atoms with Crippen molar-refractivity contribution in [3.63, 3.8) is 0 Å². The predicted molar refractivity (Wildman–Crippen MR) is 131 cm³/mol. The Hall–Kier alpha value is -2.97. The number of nitrogens with one attached hydrogen (secondary N) is 1. The first-order chi connectivity index (χ1) is 17.0. The second-order valence-corrected chi connectivity index (χ2v) is 8.57. The number of hydrogen-bond acceptors (Lipinski definition) is 5. The van der Waals surface area contributed by atoms with Gasteiger partial charge in [-0.25, -0.2) is 4.39 Å². The van der Waals surface area contributed by atoms with Crippen LogP contribution >= 0.6 is 0 Å². The van der Waals surface area contributed by atoms with Crippen molar-refractivity contribution in [1.82, 2.24) is 10.2 Å². The molecule has 190 valence electrons. The van der Waals surface area contributed by atoms with Crippen LogP contribution in [-0.2, 0) is 17.8 Å². The SMILES string of the molecule is C=CCN1C[C@H](OCc2ccc(F)cc2)C[C@H]1CNC(=O)c1cc(CCCF)cc(OC)c1OC. The van der Waals surface area contributed by atoms with E-state index in [-0.39, 0.29) is 23.9 Å². The van der Waals surface area contributed by atoms with Crippen LogP contribution in [0.1, 0.15) is 34.3 Å². The Morgan fingerprint density at radius 1 is 1.20 bits per heavy atom. The van der Waals surface area contributed by atoms with Crippen LogP contribution < -0.4 is 14.8 Å². The molecule has 1 saturated heterocycles. The fourth-order valence-corrected chi connectivity index (χ4v) is 4.37. The van der Waals surface area contributed by atoms with E-state index in [0.29, 0.717) is 56.1 Å². The standard InChI is InChI=1S/C27H34F2N2O4/c1-4-12-31-17-23(35-18-19-7-9-21(29)10-8-19)15-22(31)16-30-27(32)24-13-20(6-5-11-28)14-25(33-2)26(24)34-3/h4,7-10,13-14,22-23H,1,5-6,11-12,15-18H2,2-3H3,(H,30,32)/t22-,23+/m0/s1. The normalized spacial score (nSPS) is 17.8.